The minimum Gasteiger partial charge on any atom is -0.507 e. The van der Waals surface area contributed by atoms with Crippen molar-refractivity contribution in [2.75, 3.05) is 13.7 Å². The highest BCUT2D eigenvalue weighted by atomic mass is 16.5. The molecule has 2 rings (SSSR count). The summed E-state index contributed by atoms with van der Waals surface area (Å²) in [4.78, 5) is 23.3. The molecule has 2 aromatic carbocycles. The van der Waals surface area contributed by atoms with E-state index in [-0.39, 0.29) is 29.5 Å². The zero-order valence-corrected chi connectivity index (χ0v) is 12.8. The van der Waals surface area contributed by atoms with Gasteiger partial charge in [-0.2, -0.15) is 0 Å². The highest BCUT2D eigenvalue weighted by Gasteiger charge is 2.14. The summed E-state index contributed by atoms with van der Waals surface area (Å²) in [6, 6.07) is 13.3. The number of esters is 1. The molecule has 0 heterocycles. The van der Waals surface area contributed by atoms with Gasteiger partial charge in [0, 0.05) is 18.1 Å². The van der Waals surface area contributed by atoms with E-state index < -0.39 is 0 Å². The number of ketones is 1. The molecule has 0 amide bonds. The molecule has 0 fully saturated rings. The van der Waals surface area contributed by atoms with Crippen molar-refractivity contribution in [1.82, 2.24) is 0 Å². The second kappa shape index (κ2) is 7.98. The summed E-state index contributed by atoms with van der Waals surface area (Å²) >= 11 is 0. The number of ether oxygens (including phenoxy) is 2. The highest BCUT2D eigenvalue weighted by Crippen LogP contribution is 2.26. The zero-order chi connectivity index (χ0) is 16.7. The molecule has 5 heteroatoms. The van der Waals surface area contributed by atoms with Crippen molar-refractivity contribution in [2.45, 2.75) is 12.8 Å². The third kappa shape index (κ3) is 4.57. The maximum Gasteiger partial charge on any atom is 0.305 e. The smallest absolute Gasteiger partial charge is 0.305 e. The minimum atomic E-state index is -0.291. The molecule has 0 bridgehead atoms. The lowest BCUT2D eigenvalue weighted by atomic mass is 10.0. The highest BCUT2D eigenvalue weighted by molar-refractivity contribution is 6.10. The summed E-state index contributed by atoms with van der Waals surface area (Å²) in [6.07, 6.45) is 0.783. The van der Waals surface area contributed by atoms with Crippen LogP contribution in [0.1, 0.15) is 28.8 Å². The van der Waals surface area contributed by atoms with Crippen LogP contribution < -0.4 is 4.74 Å². The Balaban J connectivity index is 1.98. The van der Waals surface area contributed by atoms with Gasteiger partial charge in [-0.15, -0.1) is 0 Å². The van der Waals surface area contributed by atoms with Crippen molar-refractivity contribution < 1.29 is 24.2 Å². The van der Waals surface area contributed by atoms with E-state index in [9.17, 15) is 14.7 Å². The van der Waals surface area contributed by atoms with Crippen molar-refractivity contribution in [3.05, 3.63) is 59.7 Å². The second-order valence-corrected chi connectivity index (χ2v) is 4.90. The number of carbonyl (C=O) groups is 2. The molecule has 0 radical (unpaired) electrons. The SMILES string of the molecule is COC(=O)CCCOc1ccc(C(=O)c2ccccc2)c(O)c1. The molecule has 5 nitrogen and oxygen atoms in total. The van der Waals surface area contributed by atoms with Gasteiger partial charge in [0.05, 0.1) is 19.3 Å². The minimum absolute atomic E-state index is 0.135. The summed E-state index contributed by atoms with van der Waals surface area (Å²) in [5.74, 6) is -0.234. The summed E-state index contributed by atoms with van der Waals surface area (Å²) < 4.78 is 9.98. The molecular formula is C18H18O5. The Kier molecular flexibility index (Phi) is 5.74. The fourth-order valence-electron chi connectivity index (χ4n) is 2.05. The molecule has 0 unspecified atom stereocenters. The van der Waals surface area contributed by atoms with Gasteiger partial charge in [-0.05, 0) is 18.6 Å². The van der Waals surface area contributed by atoms with Crippen molar-refractivity contribution in [2.24, 2.45) is 0 Å². The van der Waals surface area contributed by atoms with E-state index in [1.165, 1.54) is 19.2 Å². The number of methoxy groups -OCH3 is 1. The van der Waals surface area contributed by atoms with E-state index in [0.29, 0.717) is 24.3 Å². The standard InChI is InChI=1S/C18H18O5/c1-22-17(20)8-5-11-23-14-9-10-15(16(19)12-14)18(21)13-6-3-2-4-7-13/h2-4,6-7,9-10,12,19H,5,8,11H2,1H3. The molecule has 0 saturated carbocycles. The Bertz CT molecular complexity index is 679. The number of phenols is 1. The van der Waals surface area contributed by atoms with Crippen molar-refractivity contribution >= 4 is 11.8 Å². The van der Waals surface area contributed by atoms with Crippen LogP contribution in [0.4, 0.5) is 0 Å². The maximum absolute atomic E-state index is 12.3. The third-order valence-electron chi connectivity index (χ3n) is 3.27. The van der Waals surface area contributed by atoms with Crippen LogP contribution >= 0.6 is 0 Å². The fourth-order valence-corrected chi connectivity index (χ4v) is 2.05. The van der Waals surface area contributed by atoms with Crippen LogP contribution in [-0.2, 0) is 9.53 Å². The van der Waals surface area contributed by atoms with Crippen LogP contribution in [0.2, 0.25) is 0 Å². The molecule has 120 valence electrons. The number of aromatic hydroxyl groups is 1. The van der Waals surface area contributed by atoms with Gasteiger partial charge < -0.3 is 14.6 Å². The van der Waals surface area contributed by atoms with E-state index in [0.717, 1.165) is 0 Å². The van der Waals surface area contributed by atoms with Gasteiger partial charge in [-0.25, -0.2) is 0 Å². The van der Waals surface area contributed by atoms with Gasteiger partial charge in [0.2, 0.25) is 0 Å². The summed E-state index contributed by atoms with van der Waals surface area (Å²) in [6.45, 7) is 0.320. The number of hydrogen-bond acceptors (Lipinski definition) is 5. The Morgan fingerprint density at radius 1 is 1.09 bits per heavy atom. The average molecular weight is 314 g/mol. The van der Waals surface area contributed by atoms with Gasteiger partial charge in [0.1, 0.15) is 11.5 Å². The molecule has 2 aromatic rings. The lowest BCUT2D eigenvalue weighted by molar-refractivity contribution is -0.140. The number of carbonyl (C=O) groups excluding carboxylic acids is 2. The first-order chi connectivity index (χ1) is 11.1. The van der Waals surface area contributed by atoms with Crippen LogP contribution in [0.25, 0.3) is 0 Å². The van der Waals surface area contributed by atoms with Crippen LogP contribution in [0, 0.1) is 0 Å². The van der Waals surface area contributed by atoms with Gasteiger partial charge in [-0.3, -0.25) is 9.59 Å². The molecule has 0 aliphatic rings. The predicted octanol–water partition coefficient (Wildman–Crippen LogP) is 2.96. The molecule has 0 saturated heterocycles. The normalized spacial score (nSPS) is 10.1. The average Bonchev–Trinajstić information content (AvgIpc) is 2.58. The van der Waals surface area contributed by atoms with Crippen molar-refractivity contribution in [1.29, 1.82) is 0 Å². The first-order valence-corrected chi connectivity index (χ1v) is 7.24. The maximum atomic E-state index is 12.3. The van der Waals surface area contributed by atoms with Crippen molar-refractivity contribution in [3.8, 4) is 11.5 Å². The molecule has 23 heavy (non-hydrogen) atoms. The van der Waals surface area contributed by atoms with Crippen molar-refractivity contribution in [3.63, 3.8) is 0 Å². The van der Waals surface area contributed by atoms with Crippen LogP contribution in [0.15, 0.2) is 48.5 Å². The van der Waals surface area contributed by atoms with Gasteiger partial charge in [0.15, 0.2) is 5.78 Å². The molecule has 0 aliphatic heterocycles. The third-order valence-corrected chi connectivity index (χ3v) is 3.27. The molecule has 1 N–H and O–H groups in total. The number of rotatable bonds is 7. The van der Waals surface area contributed by atoms with Gasteiger partial charge >= 0.3 is 5.97 Å². The van der Waals surface area contributed by atoms with Crippen LogP contribution in [0.3, 0.4) is 0 Å². The summed E-state index contributed by atoms with van der Waals surface area (Å²) in [7, 11) is 1.34. The number of benzene rings is 2. The van der Waals surface area contributed by atoms with E-state index in [1.54, 1.807) is 30.3 Å². The van der Waals surface area contributed by atoms with Crippen LogP contribution in [-0.4, -0.2) is 30.6 Å². The van der Waals surface area contributed by atoms with E-state index >= 15 is 0 Å². The molecular weight excluding hydrogens is 296 g/mol. The van der Waals surface area contributed by atoms with Crippen LogP contribution in [0.5, 0.6) is 11.5 Å². The summed E-state index contributed by atoms with van der Waals surface area (Å²) in [5.41, 5.74) is 0.729. The van der Waals surface area contributed by atoms with Gasteiger partial charge in [-0.1, -0.05) is 30.3 Å². The predicted molar refractivity (Wildman–Crippen MR) is 84.7 cm³/mol. The molecule has 0 atom stereocenters. The van der Waals surface area contributed by atoms with Gasteiger partial charge in [0.25, 0.3) is 0 Å². The quantitative estimate of drug-likeness (QED) is 0.483. The number of hydrogen-bond donors (Lipinski definition) is 1. The Morgan fingerprint density at radius 3 is 2.48 bits per heavy atom. The second-order valence-electron chi connectivity index (χ2n) is 4.90. The lowest BCUT2D eigenvalue weighted by Gasteiger charge is -2.09. The lowest BCUT2D eigenvalue weighted by Crippen LogP contribution is -2.05. The van der Waals surface area contributed by atoms with E-state index in [4.69, 9.17) is 4.74 Å². The topological polar surface area (TPSA) is 72.8 Å². The Morgan fingerprint density at radius 2 is 1.83 bits per heavy atom. The zero-order valence-electron chi connectivity index (χ0n) is 12.8. The Hall–Kier alpha value is -2.82. The first-order valence-electron chi connectivity index (χ1n) is 7.24. The monoisotopic (exact) mass is 314 g/mol. The van der Waals surface area contributed by atoms with E-state index in [2.05, 4.69) is 4.74 Å². The first kappa shape index (κ1) is 16.5. The largest absolute Gasteiger partial charge is 0.507 e. The van der Waals surface area contributed by atoms with E-state index in [1.807, 2.05) is 6.07 Å². The molecule has 0 aliphatic carbocycles. The molecule has 0 spiro atoms. The Labute approximate surface area is 134 Å². The fraction of sp³-hybridized carbons (Fsp3) is 0.222. The summed E-state index contributed by atoms with van der Waals surface area (Å²) in [5, 5.41) is 10.0. The molecule has 0 aromatic heterocycles. The number of phenolic OH excluding ortho intramolecular Hbond substituents is 1.